The summed E-state index contributed by atoms with van der Waals surface area (Å²) >= 11 is 0.211. The third kappa shape index (κ3) is 3.39. The number of alkyl halides is 3. The number of carbonyl (C=O) groups excluding carboxylic acids is 2. The molecule has 1 N–H and O–H groups in total. The molecule has 0 bridgehead atoms. The normalized spacial score (nSPS) is 12.9. The highest BCUT2D eigenvalue weighted by Crippen LogP contribution is 2.32. The van der Waals surface area contributed by atoms with Crippen molar-refractivity contribution >= 4 is 28.8 Å². The van der Waals surface area contributed by atoms with E-state index in [-0.39, 0.29) is 16.5 Å². The molecule has 0 aliphatic carbocycles. The summed E-state index contributed by atoms with van der Waals surface area (Å²) in [5, 5.41) is 6.79. The molecular weight excluding hydrogens is 273 g/mol. The summed E-state index contributed by atoms with van der Waals surface area (Å²) in [7, 11) is 1.33. The average Bonchev–Trinajstić information content (AvgIpc) is 2.75. The molecule has 0 radical (unpaired) electrons. The van der Waals surface area contributed by atoms with Crippen LogP contribution in [0.15, 0.2) is 0 Å². The van der Waals surface area contributed by atoms with Crippen molar-refractivity contribution in [3.05, 3.63) is 5.01 Å². The van der Waals surface area contributed by atoms with E-state index in [1.54, 1.807) is 0 Å². The molecule has 0 aliphatic heterocycles. The summed E-state index contributed by atoms with van der Waals surface area (Å²) in [5.41, 5.74) is 0. The van der Waals surface area contributed by atoms with Gasteiger partial charge in [0.1, 0.15) is 6.29 Å². The van der Waals surface area contributed by atoms with E-state index < -0.39 is 23.3 Å². The maximum Gasteiger partial charge on any atom is 0.445 e. The van der Waals surface area contributed by atoms with E-state index in [0.29, 0.717) is 6.29 Å². The first-order valence-corrected chi connectivity index (χ1v) is 5.47. The zero-order valence-electron chi connectivity index (χ0n) is 9.35. The lowest BCUT2D eigenvalue weighted by Gasteiger charge is -2.19. The second kappa shape index (κ2) is 5.29. The lowest BCUT2D eigenvalue weighted by Crippen LogP contribution is -2.39. The number of halogens is 3. The largest absolute Gasteiger partial charge is 0.445 e. The molecule has 0 saturated heterocycles. The van der Waals surface area contributed by atoms with Crippen LogP contribution in [0.3, 0.4) is 0 Å². The molecule has 10 heteroatoms. The first-order valence-electron chi connectivity index (χ1n) is 4.65. The van der Waals surface area contributed by atoms with Crippen molar-refractivity contribution in [1.29, 1.82) is 0 Å². The monoisotopic (exact) mass is 282 g/mol. The highest BCUT2D eigenvalue weighted by Gasteiger charge is 2.35. The van der Waals surface area contributed by atoms with Crippen LogP contribution < -0.4 is 5.32 Å². The van der Waals surface area contributed by atoms with E-state index in [2.05, 4.69) is 15.5 Å². The van der Waals surface area contributed by atoms with Gasteiger partial charge in [-0.05, 0) is 6.92 Å². The van der Waals surface area contributed by atoms with E-state index in [0.717, 1.165) is 4.90 Å². The molecule has 1 aromatic heterocycles. The van der Waals surface area contributed by atoms with Crippen LogP contribution in [0.25, 0.3) is 0 Å². The molecule has 1 atom stereocenters. The number of hydrogen-bond donors (Lipinski definition) is 1. The van der Waals surface area contributed by atoms with Crippen molar-refractivity contribution in [3.63, 3.8) is 0 Å². The van der Waals surface area contributed by atoms with Gasteiger partial charge in [0.2, 0.25) is 10.1 Å². The van der Waals surface area contributed by atoms with Gasteiger partial charge in [0.05, 0.1) is 6.04 Å². The van der Waals surface area contributed by atoms with Crippen LogP contribution in [0.1, 0.15) is 11.9 Å². The van der Waals surface area contributed by atoms with E-state index in [1.807, 2.05) is 0 Å². The lowest BCUT2D eigenvalue weighted by atomic mass is 10.3. The third-order valence-electron chi connectivity index (χ3n) is 2.01. The summed E-state index contributed by atoms with van der Waals surface area (Å²) in [4.78, 5) is 23.0. The summed E-state index contributed by atoms with van der Waals surface area (Å²) in [6.45, 7) is 1.47. The van der Waals surface area contributed by atoms with Gasteiger partial charge in [-0.3, -0.25) is 5.32 Å². The number of nitrogens with zero attached hydrogens (tertiary/aromatic N) is 3. The minimum absolute atomic E-state index is 0.211. The zero-order chi connectivity index (χ0) is 13.9. The molecule has 100 valence electrons. The highest BCUT2D eigenvalue weighted by molar-refractivity contribution is 7.15. The maximum absolute atomic E-state index is 12.2. The standard InChI is InChI=1S/C8H9F3N4O2S/c1-4(3-16)15(2)7(17)12-6-14-13-5(18-6)8(9,10)11/h3-4H,1-2H3,(H,12,14,17). The highest BCUT2D eigenvalue weighted by atomic mass is 32.1. The Bertz CT molecular complexity index is 448. The number of nitrogens with one attached hydrogen (secondary N) is 1. The number of rotatable bonds is 3. The Kier molecular flexibility index (Phi) is 4.22. The van der Waals surface area contributed by atoms with Crippen LogP contribution in [0.4, 0.5) is 23.1 Å². The number of likely N-dealkylation sites (N-methyl/N-ethyl adjacent to an activating group) is 1. The quantitative estimate of drug-likeness (QED) is 0.855. The van der Waals surface area contributed by atoms with Gasteiger partial charge in [-0.1, -0.05) is 11.3 Å². The van der Waals surface area contributed by atoms with Crippen LogP contribution in [-0.2, 0) is 11.0 Å². The number of carbonyl (C=O) groups is 2. The van der Waals surface area contributed by atoms with Crippen molar-refractivity contribution in [2.45, 2.75) is 19.1 Å². The Morgan fingerprint density at radius 2 is 2.11 bits per heavy atom. The fraction of sp³-hybridized carbons (Fsp3) is 0.500. The van der Waals surface area contributed by atoms with Gasteiger partial charge in [0, 0.05) is 7.05 Å². The first kappa shape index (κ1) is 14.4. The summed E-state index contributed by atoms with van der Waals surface area (Å²) in [6.07, 6.45) is -4.07. The Balaban J connectivity index is 2.71. The van der Waals surface area contributed by atoms with Gasteiger partial charge in [-0.15, -0.1) is 10.2 Å². The molecule has 6 nitrogen and oxygen atoms in total. The van der Waals surface area contributed by atoms with Crippen LogP contribution in [-0.4, -0.2) is 40.5 Å². The predicted molar refractivity (Wildman–Crippen MR) is 57.2 cm³/mol. The molecule has 1 rings (SSSR count). The molecule has 0 aliphatic rings. The first-order chi connectivity index (χ1) is 8.25. The second-order valence-electron chi connectivity index (χ2n) is 3.33. The van der Waals surface area contributed by atoms with Gasteiger partial charge in [-0.2, -0.15) is 13.2 Å². The van der Waals surface area contributed by atoms with E-state index in [1.165, 1.54) is 14.0 Å². The molecular formula is C8H9F3N4O2S. The molecule has 1 unspecified atom stereocenters. The van der Waals surface area contributed by atoms with Gasteiger partial charge < -0.3 is 9.69 Å². The van der Waals surface area contributed by atoms with Crippen LogP contribution in [0.2, 0.25) is 0 Å². The molecule has 1 aromatic rings. The van der Waals surface area contributed by atoms with Crippen LogP contribution in [0.5, 0.6) is 0 Å². The molecule has 0 aromatic carbocycles. The van der Waals surface area contributed by atoms with Gasteiger partial charge in [0.15, 0.2) is 0 Å². The molecule has 0 fully saturated rings. The number of amides is 2. The number of hydrogen-bond acceptors (Lipinski definition) is 5. The molecule has 1 heterocycles. The summed E-state index contributed by atoms with van der Waals surface area (Å²) in [6, 6.07) is -1.43. The lowest BCUT2D eigenvalue weighted by molar-refractivity contribution is -0.138. The average molecular weight is 282 g/mol. The summed E-state index contributed by atoms with van der Waals surface area (Å²) in [5.74, 6) is 0. The number of urea groups is 1. The summed E-state index contributed by atoms with van der Waals surface area (Å²) < 4.78 is 36.7. The van der Waals surface area contributed by atoms with Crippen LogP contribution >= 0.6 is 11.3 Å². The van der Waals surface area contributed by atoms with E-state index >= 15 is 0 Å². The van der Waals surface area contributed by atoms with E-state index in [9.17, 15) is 22.8 Å². The Labute approximate surface area is 104 Å². The van der Waals surface area contributed by atoms with Crippen molar-refractivity contribution in [2.24, 2.45) is 0 Å². The zero-order valence-corrected chi connectivity index (χ0v) is 10.2. The molecule has 0 saturated carbocycles. The fourth-order valence-electron chi connectivity index (χ4n) is 0.844. The minimum Gasteiger partial charge on any atom is -0.318 e. The van der Waals surface area contributed by atoms with Crippen molar-refractivity contribution in [3.8, 4) is 0 Å². The SMILES string of the molecule is CC(C=O)N(C)C(=O)Nc1nnc(C(F)(F)F)s1. The van der Waals surface area contributed by atoms with Gasteiger partial charge in [-0.25, -0.2) is 4.79 Å². The Morgan fingerprint density at radius 3 is 2.56 bits per heavy atom. The minimum atomic E-state index is -4.59. The molecule has 18 heavy (non-hydrogen) atoms. The number of anilines is 1. The smallest absolute Gasteiger partial charge is 0.318 e. The predicted octanol–water partition coefficient (Wildman–Crippen LogP) is 1.61. The van der Waals surface area contributed by atoms with Crippen LogP contribution in [0, 0.1) is 0 Å². The molecule has 2 amide bonds. The Hall–Kier alpha value is -1.71. The van der Waals surface area contributed by atoms with Crippen molar-refractivity contribution in [2.75, 3.05) is 12.4 Å². The topological polar surface area (TPSA) is 75.2 Å². The number of aldehydes is 1. The van der Waals surface area contributed by atoms with Gasteiger partial charge >= 0.3 is 12.2 Å². The Morgan fingerprint density at radius 1 is 1.50 bits per heavy atom. The maximum atomic E-state index is 12.2. The fourth-order valence-corrected chi connectivity index (χ4v) is 1.44. The van der Waals surface area contributed by atoms with E-state index in [4.69, 9.17) is 0 Å². The van der Waals surface area contributed by atoms with Gasteiger partial charge in [0.25, 0.3) is 0 Å². The molecule has 0 spiro atoms. The second-order valence-corrected chi connectivity index (χ2v) is 4.31. The van der Waals surface area contributed by atoms with Crippen molar-refractivity contribution < 1.29 is 22.8 Å². The number of aromatic nitrogens is 2. The third-order valence-corrected chi connectivity index (χ3v) is 2.89. The van der Waals surface area contributed by atoms with Crippen molar-refractivity contribution in [1.82, 2.24) is 15.1 Å².